The molecule has 0 N–H and O–H groups in total. The van der Waals surface area contributed by atoms with Crippen molar-refractivity contribution in [3.05, 3.63) is 170 Å². The third-order valence-corrected chi connectivity index (χ3v) is 9.46. The van der Waals surface area contributed by atoms with Crippen LogP contribution in [0.5, 0.6) is 0 Å². The van der Waals surface area contributed by atoms with Gasteiger partial charge < -0.3 is 4.57 Å². The van der Waals surface area contributed by atoms with Gasteiger partial charge in [0.2, 0.25) is 5.95 Å². The first-order valence-electron chi connectivity index (χ1n) is 16.7. The highest BCUT2D eigenvalue weighted by Crippen LogP contribution is 2.42. The van der Waals surface area contributed by atoms with Crippen molar-refractivity contribution in [3.63, 3.8) is 0 Å². The van der Waals surface area contributed by atoms with Gasteiger partial charge in [0.1, 0.15) is 0 Å². The molecule has 0 aliphatic carbocycles. The third kappa shape index (κ3) is 4.36. The monoisotopic (exact) mass is 640 g/mol. The summed E-state index contributed by atoms with van der Waals surface area (Å²) in [6, 6.07) is 54.4. The zero-order chi connectivity index (χ0) is 33.0. The highest BCUT2D eigenvalue weighted by molar-refractivity contribution is 6.18. The zero-order valence-corrected chi connectivity index (χ0v) is 26.8. The fourth-order valence-electron chi connectivity index (χ4n) is 7.29. The molecule has 50 heavy (non-hydrogen) atoms. The van der Waals surface area contributed by atoms with E-state index >= 15 is 0 Å². The van der Waals surface area contributed by atoms with Crippen LogP contribution >= 0.6 is 0 Å². The molecule has 6 heteroatoms. The van der Waals surface area contributed by atoms with Gasteiger partial charge in [-0.25, -0.2) is 4.98 Å². The first-order chi connectivity index (χ1) is 24.8. The molecule has 0 aliphatic rings. The Morgan fingerprint density at radius 3 is 1.54 bits per heavy atom. The van der Waals surface area contributed by atoms with Gasteiger partial charge in [0.15, 0.2) is 11.6 Å². The summed E-state index contributed by atoms with van der Waals surface area (Å²) in [6.45, 7) is 0. The minimum atomic E-state index is 0.556. The minimum absolute atomic E-state index is 0.556. The molecule has 234 valence electrons. The number of hydrogen-bond donors (Lipinski definition) is 0. The molecular weight excluding hydrogens is 613 g/mol. The second kappa shape index (κ2) is 11.4. The Kier molecular flexibility index (Phi) is 6.39. The Morgan fingerprint density at radius 1 is 0.360 bits per heavy atom. The number of pyridine rings is 1. The normalized spacial score (nSPS) is 11.6. The molecule has 4 heterocycles. The van der Waals surface area contributed by atoms with Gasteiger partial charge >= 0.3 is 0 Å². The van der Waals surface area contributed by atoms with Crippen LogP contribution in [0.2, 0.25) is 0 Å². The van der Waals surface area contributed by atoms with Gasteiger partial charge in [-0.05, 0) is 24.3 Å². The predicted molar refractivity (Wildman–Crippen MR) is 203 cm³/mol. The van der Waals surface area contributed by atoms with E-state index in [0.29, 0.717) is 17.6 Å². The highest BCUT2D eigenvalue weighted by Gasteiger charge is 2.23. The standard InChI is InChI=1S/C44H28N6/c1-4-15-29(16-5-1)42-46-43(30-17-6-2-7-18-30)48-44(47-42)50-39-26-13-10-21-32(39)34-23-14-24-35(40(34)50)37-28-45-27-36-33-22-11-12-25-38(33)49(41(36)37)31-19-8-3-9-20-31/h1-28H. The van der Waals surface area contributed by atoms with Crippen LogP contribution in [0, 0.1) is 0 Å². The topological polar surface area (TPSA) is 61.4 Å². The molecule has 0 aliphatic heterocycles. The van der Waals surface area contributed by atoms with Crippen LogP contribution in [0.1, 0.15) is 0 Å². The van der Waals surface area contributed by atoms with E-state index in [1.165, 1.54) is 0 Å². The maximum atomic E-state index is 5.19. The van der Waals surface area contributed by atoms with Crippen molar-refractivity contribution in [1.82, 2.24) is 29.1 Å². The van der Waals surface area contributed by atoms with Crippen molar-refractivity contribution in [2.45, 2.75) is 0 Å². The van der Waals surface area contributed by atoms with Crippen molar-refractivity contribution in [2.24, 2.45) is 0 Å². The number of hydrogen-bond acceptors (Lipinski definition) is 4. The molecule has 0 fully saturated rings. The van der Waals surface area contributed by atoms with Crippen LogP contribution in [0.25, 0.3) is 89.2 Å². The van der Waals surface area contributed by atoms with E-state index in [0.717, 1.165) is 71.6 Å². The quantitative estimate of drug-likeness (QED) is 0.188. The highest BCUT2D eigenvalue weighted by atomic mass is 15.2. The summed E-state index contributed by atoms with van der Waals surface area (Å²) in [5, 5.41) is 4.49. The summed E-state index contributed by atoms with van der Waals surface area (Å²) in [7, 11) is 0. The van der Waals surface area contributed by atoms with Crippen LogP contribution in [0.15, 0.2) is 170 Å². The fraction of sp³-hybridized carbons (Fsp3) is 0. The first-order valence-corrected chi connectivity index (χ1v) is 16.7. The smallest absolute Gasteiger partial charge is 0.238 e. The van der Waals surface area contributed by atoms with Gasteiger partial charge in [-0.2, -0.15) is 9.97 Å². The SMILES string of the molecule is c1ccc(-c2nc(-c3ccccc3)nc(-n3c4ccccc4c4cccc(-c5cncc6c7ccccc7n(-c7ccccc7)c56)c43)n2)cc1. The van der Waals surface area contributed by atoms with Gasteiger partial charge in [-0.1, -0.05) is 133 Å². The molecule has 6 nitrogen and oxygen atoms in total. The van der Waals surface area contributed by atoms with Gasteiger partial charge in [0, 0.05) is 61.9 Å². The summed E-state index contributed by atoms with van der Waals surface area (Å²) >= 11 is 0. The molecule has 0 spiro atoms. The zero-order valence-electron chi connectivity index (χ0n) is 26.8. The van der Waals surface area contributed by atoms with Gasteiger partial charge in [-0.3, -0.25) is 9.55 Å². The predicted octanol–water partition coefficient (Wildman–Crippen LogP) is 10.5. The molecule has 0 saturated heterocycles. The lowest BCUT2D eigenvalue weighted by Gasteiger charge is -2.15. The fourth-order valence-corrected chi connectivity index (χ4v) is 7.29. The lowest BCUT2D eigenvalue weighted by atomic mass is 10.0. The molecule has 6 aromatic carbocycles. The molecule has 10 rings (SSSR count). The minimum Gasteiger partial charge on any atom is -0.309 e. The van der Waals surface area contributed by atoms with Crippen LogP contribution in [-0.2, 0) is 0 Å². The molecule has 0 bridgehead atoms. The van der Waals surface area contributed by atoms with E-state index in [1.54, 1.807) is 0 Å². The molecule has 0 unspecified atom stereocenters. The Bertz CT molecular complexity index is 2800. The number of benzene rings is 6. The summed E-state index contributed by atoms with van der Waals surface area (Å²) in [6.07, 6.45) is 3.98. The number of rotatable bonds is 5. The van der Waals surface area contributed by atoms with Crippen molar-refractivity contribution in [1.29, 1.82) is 0 Å². The maximum Gasteiger partial charge on any atom is 0.238 e. The second-order valence-electron chi connectivity index (χ2n) is 12.3. The van der Waals surface area contributed by atoms with E-state index in [2.05, 4.69) is 106 Å². The van der Waals surface area contributed by atoms with Crippen LogP contribution in [-0.4, -0.2) is 29.1 Å². The Morgan fingerprint density at radius 2 is 0.880 bits per heavy atom. The lowest BCUT2D eigenvalue weighted by molar-refractivity contribution is 0.954. The number of nitrogens with zero attached hydrogens (tertiary/aromatic N) is 6. The van der Waals surface area contributed by atoms with Crippen LogP contribution < -0.4 is 0 Å². The summed E-state index contributed by atoms with van der Waals surface area (Å²) in [5.41, 5.74) is 9.27. The number of para-hydroxylation sites is 4. The number of fused-ring (bicyclic) bond motifs is 6. The molecule has 0 amide bonds. The van der Waals surface area contributed by atoms with Gasteiger partial charge in [0.05, 0.1) is 22.1 Å². The lowest BCUT2D eigenvalue weighted by Crippen LogP contribution is -2.07. The maximum absolute atomic E-state index is 5.19. The molecule has 0 radical (unpaired) electrons. The van der Waals surface area contributed by atoms with Crippen molar-refractivity contribution >= 4 is 43.6 Å². The van der Waals surface area contributed by atoms with Gasteiger partial charge in [0.25, 0.3) is 0 Å². The van der Waals surface area contributed by atoms with Crippen molar-refractivity contribution < 1.29 is 0 Å². The van der Waals surface area contributed by atoms with Crippen LogP contribution in [0.4, 0.5) is 0 Å². The second-order valence-corrected chi connectivity index (χ2v) is 12.3. The average molecular weight is 641 g/mol. The van der Waals surface area contributed by atoms with E-state index in [9.17, 15) is 0 Å². The Balaban J connectivity index is 1.34. The Hall–Kier alpha value is -6.92. The van der Waals surface area contributed by atoms with E-state index in [-0.39, 0.29) is 0 Å². The molecule has 0 saturated carbocycles. The van der Waals surface area contributed by atoms with E-state index in [1.807, 2.05) is 73.1 Å². The summed E-state index contributed by atoms with van der Waals surface area (Å²) < 4.78 is 4.56. The molecule has 0 atom stereocenters. The van der Waals surface area contributed by atoms with E-state index < -0.39 is 0 Å². The average Bonchev–Trinajstić information content (AvgIpc) is 3.72. The third-order valence-electron chi connectivity index (χ3n) is 9.46. The van der Waals surface area contributed by atoms with E-state index in [4.69, 9.17) is 19.9 Å². The van der Waals surface area contributed by atoms with Crippen LogP contribution in [0.3, 0.4) is 0 Å². The summed E-state index contributed by atoms with van der Waals surface area (Å²) in [4.78, 5) is 20.2. The summed E-state index contributed by atoms with van der Waals surface area (Å²) in [5.74, 6) is 1.79. The molecule has 4 aromatic heterocycles. The molecular formula is C44H28N6. The van der Waals surface area contributed by atoms with Crippen molar-refractivity contribution in [3.8, 4) is 45.5 Å². The Labute approximate surface area is 287 Å². The van der Waals surface area contributed by atoms with Gasteiger partial charge in [-0.15, -0.1) is 0 Å². The largest absolute Gasteiger partial charge is 0.309 e. The number of aromatic nitrogens is 6. The molecule has 10 aromatic rings. The van der Waals surface area contributed by atoms with Crippen molar-refractivity contribution in [2.75, 3.05) is 0 Å². The first kappa shape index (κ1) is 28.1.